The fourth-order valence-corrected chi connectivity index (χ4v) is 2.04. The first kappa shape index (κ1) is 14.7. The Kier molecular flexibility index (Phi) is 4.62. The van der Waals surface area contributed by atoms with Gasteiger partial charge in [-0.15, -0.1) is 11.3 Å². The Bertz CT molecular complexity index is 682. The number of non-ortho nitro benzene ring substituents is 1. The number of thiazole rings is 1. The van der Waals surface area contributed by atoms with Crippen LogP contribution in [-0.2, 0) is 11.4 Å². The first-order chi connectivity index (χ1) is 10.1. The van der Waals surface area contributed by atoms with Crippen LogP contribution in [0.5, 0.6) is 5.75 Å². The van der Waals surface area contributed by atoms with Crippen LogP contribution >= 0.6 is 11.3 Å². The summed E-state index contributed by atoms with van der Waals surface area (Å²) in [6, 6.07) is 4.02. The van der Waals surface area contributed by atoms with Gasteiger partial charge >= 0.3 is 5.97 Å². The van der Waals surface area contributed by atoms with Crippen LogP contribution in [0.25, 0.3) is 6.08 Å². The summed E-state index contributed by atoms with van der Waals surface area (Å²) in [4.78, 5) is 25.6. The Morgan fingerprint density at radius 2 is 2.33 bits per heavy atom. The molecule has 1 aromatic carbocycles. The number of benzene rings is 1. The van der Waals surface area contributed by atoms with Crippen LogP contribution in [0.1, 0.15) is 10.4 Å². The second-order valence-corrected chi connectivity index (χ2v) is 4.88. The van der Waals surface area contributed by atoms with Gasteiger partial charge in [-0.05, 0) is 12.1 Å². The van der Waals surface area contributed by atoms with E-state index in [1.54, 1.807) is 11.7 Å². The molecule has 0 aliphatic carbocycles. The Morgan fingerprint density at radius 3 is 2.95 bits per heavy atom. The molecular formula is C13H10N2O5S. The van der Waals surface area contributed by atoms with Crippen molar-refractivity contribution < 1.29 is 19.6 Å². The highest BCUT2D eigenvalue weighted by molar-refractivity contribution is 7.09. The lowest BCUT2D eigenvalue weighted by Crippen LogP contribution is -1.97. The number of nitro groups is 1. The zero-order valence-corrected chi connectivity index (χ0v) is 11.4. The van der Waals surface area contributed by atoms with Gasteiger partial charge in [0.2, 0.25) is 0 Å². The van der Waals surface area contributed by atoms with Gasteiger partial charge in [0, 0.05) is 30.0 Å². The topological polar surface area (TPSA) is 103 Å². The van der Waals surface area contributed by atoms with Crippen molar-refractivity contribution in [1.82, 2.24) is 4.98 Å². The van der Waals surface area contributed by atoms with Gasteiger partial charge in [0.05, 0.1) is 15.3 Å². The third-order valence-corrected chi connectivity index (χ3v) is 3.22. The second-order valence-electron chi connectivity index (χ2n) is 3.91. The van der Waals surface area contributed by atoms with Crippen LogP contribution in [-0.4, -0.2) is 21.0 Å². The molecule has 0 saturated carbocycles. The number of carboxylic acid groups (broad SMARTS) is 1. The molecule has 1 N–H and O–H groups in total. The summed E-state index contributed by atoms with van der Waals surface area (Å²) in [5.74, 6) is -0.776. The summed E-state index contributed by atoms with van der Waals surface area (Å²) in [6.45, 7) is 0.260. The van der Waals surface area contributed by atoms with E-state index in [2.05, 4.69) is 4.98 Å². The molecule has 2 aromatic rings. The van der Waals surface area contributed by atoms with E-state index in [1.807, 2.05) is 0 Å². The molecule has 0 aliphatic heterocycles. The van der Waals surface area contributed by atoms with E-state index >= 15 is 0 Å². The number of nitro benzene ring substituents is 1. The fraction of sp³-hybridized carbons (Fsp3) is 0.0769. The molecule has 0 atom stereocenters. The number of hydrogen-bond donors (Lipinski definition) is 1. The van der Waals surface area contributed by atoms with E-state index in [9.17, 15) is 14.9 Å². The minimum atomic E-state index is -1.14. The Hall–Kier alpha value is -2.74. The van der Waals surface area contributed by atoms with Crippen molar-refractivity contribution >= 4 is 29.1 Å². The van der Waals surface area contributed by atoms with Gasteiger partial charge in [-0.2, -0.15) is 0 Å². The third-order valence-electron chi connectivity index (χ3n) is 2.46. The van der Waals surface area contributed by atoms with Crippen molar-refractivity contribution in [3.63, 3.8) is 0 Å². The molecule has 0 fully saturated rings. The summed E-state index contributed by atoms with van der Waals surface area (Å²) >= 11 is 1.42. The molecule has 0 aliphatic rings. The van der Waals surface area contributed by atoms with Gasteiger partial charge in [0.1, 0.15) is 12.4 Å². The van der Waals surface area contributed by atoms with E-state index in [4.69, 9.17) is 9.84 Å². The Labute approximate surface area is 123 Å². The number of ether oxygens (including phenoxy) is 1. The van der Waals surface area contributed by atoms with Crippen LogP contribution in [0, 0.1) is 10.1 Å². The molecule has 7 nitrogen and oxygen atoms in total. The molecule has 21 heavy (non-hydrogen) atoms. The fourth-order valence-electron chi connectivity index (χ4n) is 1.53. The van der Waals surface area contributed by atoms with E-state index < -0.39 is 10.9 Å². The van der Waals surface area contributed by atoms with Crippen LogP contribution < -0.4 is 4.74 Å². The summed E-state index contributed by atoms with van der Waals surface area (Å²) in [7, 11) is 0. The number of hydrogen-bond acceptors (Lipinski definition) is 6. The maximum absolute atomic E-state index is 10.8. The zero-order valence-electron chi connectivity index (χ0n) is 10.6. The minimum absolute atomic E-state index is 0.134. The third kappa shape index (κ3) is 4.11. The molecule has 2 rings (SSSR count). The van der Waals surface area contributed by atoms with Gasteiger partial charge in [-0.3, -0.25) is 15.1 Å². The molecule has 1 heterocycles. The lowest BCUT2D eigenvalue weighted by atomic mass is 10.1. The first-order valence-electron chi connectivity index (χ1n) is 5.76. The predicted octanol–water partition coefficient (Wildman–Crippen LogP) is 2.73. The SMILES string of the molecule is O=C(O)/C=C/c1cc([N+](=O)[O-])ccc1OCc1cncs1. The van der Waals surface area contributed by atoms with Crippen LogP contribution in [0.3, 0.4) is 0 Å². The summed E-state index contributed by atoms with van der Waals surface area (Å²) in [5.41, 5.74) is 1.86. The maximum atomic E-state index is 10.8. The van der Waals surface area contributed by atoms with Crippen LogP contribution in [0.4, 0.5) is 5.69 Å². The van der Waals surface area contributed by atoms with Crippen LogP contribution in [0.2, 0.25) is 0 Å². The number of nitrogens with zero attached hydrogens (tertiary/aromatic N) is 2. The van der Waals surface area contributed by atoms with Gasteiger partial charge in [-0.25, -0.2) is 4.79 Å². The zero-order chi connectivity index (χ0) is 15.2. The number of aliphatic carboxylic acids is 1. The molecule has 108 valence electrons. The summed E-state index contributed by atoms with van der Waals surface area (Å²) in [6.07, 6.45) is 3.82. The normalized spacial score (nSPS) is 10.7. The highest BCUT2D eigenvalue weighted by Crippen LogP contribution is 2.26. The van der Waals surface area contributed by atoms with Crippen molar-refractivity contribution in [2.24, 2.45) is 0 Å². The molecule has 1 aromatic heterocycles. The van der Waals surface area contributed by atoms with E-state index in [-0.39, 0.29) is 12.3 Å². The summed E-state index contributed by atoms with van der Waals surface area (Å²) in [5, 5.41) is 19.4. The van der Waals surface area contributed by atoms with Crippen molar-refractivity contribution in [2.45, 2.75) is 6.61 Å². The average Bonchev–Trinajstić information content (AvgIpc) is 2.96. The van der Waals surface area contributed by atoms with Crippen LogP contribution in [0.15, 0.2) is 36.0 Å². The smallest absolute Gasteiger partial charge is 0.328 e. The predicted molar refractivity (Wildman–Crippen MR) is 76.2 cm³/mol. The molecular weight excluding hydrogens is 296 g/mol. The molecule has 0 saturated heterocycles. The number of carbonyl (C=O) groups is 1. The van der Waals surface area contributed by atoms with Gasteiger partial charge in [0.15, 0.2) is 0 Å². The minimum Gasteiger partial charge on any atom is -0.487 e. The van der Waals surface area contributed by atoms with Crippen molar-refractivity contribution in [3.8, 4) is 5.75 Å². The molecule has 0 bridgehead atoms. The highest BCUT2D eigenvalue weighted by Gasteiger charge is 2.11. The standard InChI is InChI=1S/C13H10N2O5S/c16-13(17)4-1-9-5-10(15(18)19)2-3-12(9)20-7-11-6-14-8-21-11/h1-6,8H,7H2,(H,16,17)/b4-1+. The Morgan fingerprint density at radius 1 is 1.52 bits per heavy atom. The van der Waals surface area contributed by atoms with E-state index in [1.165, 1.54) is 35.6 Å². The second kappa shape index (κ2) is 6.62. The van der Waals surface area contributed by atoms with E-state index in [0.29, 0.717) is 11.3 Å². The quantitative estimate of drug-likeness (QED) is 0.500. The lowest BCUT2D eigenvalue weighted by molar-refractivity contribution is -0.384. The maximum Gasteiger partial charge on any atom is 0.328 e. The molecule has 0 amide bonds. The first-order valence-corrected chi connectivity index (χ1v) is 6.64. The van der Waals surface area contributed by atoms with Gasteiger partial charge < -0.3 is 9.84 Å². The van der Waals surface area contributed by atoms with E-state index in [0.717, 1.165) is 11.0 Å². The molecule has 0 radical (unpaired) electrons. The van der Waals surface area contributed by atoms with Crippen molar-refractivity contribution in [2.75, 3.05) is 0 Å². The van der Waals surface area contributed by atoms with Gasteiger partial charge in [-0.1, -0.05) is 0 Å². The summed E-state index contributed by atoms with van der Waals surface area (Å²) < 4.78 is 5.55. The molecule has 8 heteroatoms. The Balaban J connectivity index is 2.25. The molecule has 0 unspecified atom stereocenters. The number of aromatic nitrogens is 1. The largest absolute Gasteiger partial charge is 0.487 e. The van der Waals surface area contributed by atoms with Crippen molar-refractivity contribution in [3.05, 3.63) is 56.5 Å². The van der Waals surface area contributed by atoms with Crippen molar-refractivity contribution in [1.29, 1.82) is 0 Å². The highest BCUT2D eigenvalue weighted by atomic mass is 32.1. The number of rotatable bonds is 6. The lowest BCUT2D eigenvalue weighted by Gasteiger charge is -2.07. The molecule has 0 spiro atoms. The monoisotopic (exact) mass is 306 g/mol. The van der Waals surface area contributed by atoms with Gasteiger partial charge in [0.25, 0.3) is 5.69 Å². The average molecular weight is 306 g/mol. The number of carboxylic acids is 1.